The highest BCUT2D eigenvalue weighted by molar-refractivity contribution is 9.10. The van der Waals surface area contributed by atoms with Gasteiger partial charge in [-0.25, -0.2) is 8.42 Å². The van der Waals surface area contributed by atoms with E-state index >= 15 is 0 Å². The number of ether oxygens (including phenoxy) is 2. The van der Waals surface area contributed by atoms with Gasteiger partial charge >= 0.3 is 5.97 Å². The molecule has 0 aliphatic carbocycles. The Kier molecular flexibility index (Phi) is 7.24. The molecule has 2 aromatic carbocycles. The Labute approximate surface area is 159 Å². The lowest BCUT2D eigenvalue weighted by Crippen LogP contribution is -2.31. The SMILES string of the molecule is O=C(CNS(=O)(=O)c1cccc(Br)c1)OCCOc1ccc(Cl)cc1. The minimum Gasteiger partial charge on any atom is -0.490 e. The second-order valence-corrected chi connectivity index (χ2v) is 7.92. The number of nitrogens with one attached hydrogen (secondary N) is 1. The second-order valence-electron chi connectivity index (χ2n) is 4.80. The molecule has 0 radical (unpaired) electrons. The van der Waals surface area contributed by atoms with Crippen molar-refractivity contribution < 1.29 is 22.7 Å². The van der Waals surface area contributed by atoms with Gasteiger partial charge in [0, 0.05) is 9.50 Å². The molecular weight excluding hydrogens is 434 g/mol. The molecule has 0 aliphatic heterocycles. The van der Waals surface area contributed by atoms with Gasteiger partial charge in [0.2, 0.25) is 10.0 Å². The van der Waals surface area contributed by atoms with Gasteiger partial charge in [0.05, 0.1) is 4.90 Å². The number of carbonyl (C=O) groups excluding carboxylic acids is 1. The van der Waals surface area contributed by atoms with Gasteiger partial charge in [0.25, 0.3) is 0 Å². The first kappa shape index (κ1) is 19.7. The van der Waals surface area contributed by atoms with Crippen LogP contribution >= 0.6 is 27.5 Å². The van der Waals surface area contributed by atoms with E-state index in [0.29, 0.717) is 15.2 Å². The van der Waals surface area contributed by atoms with Crippen LogP contribution < -0.4 is 9.46 Å². The van der Waals surface area contributed by atoms with E-state index in [0.717, 1.165) is 0 Å². The third-order valence-electron chi connectivity index (χ3n) is 2.94. The molecule has 0 aliphatic rings. The van der Waals surface area contributed by atoms with Crippen LogP contribution in [0.1, 0.15) is 0 Å². The number of esters is 1. The summed E-state index contributed by atoms with van der Waals surface area (Å²) >= 11 is 8.95. The predicted molar refractivity (Wildman–Crippen MR) is 97.2 cm³/mol. The summed E-state index contributed by atoms with van der Waals surface area (Å²) in [5.74, 6) is -0.103. The summed E-state index contributed by atoms with van der Waals surface area (Å²) in [5.41, 5.74) is 0. The number of rotatable bonds is 8. The normalized spacial score (nSPS) is 11.1. The van der Waals surface area contributed by atoms with Crippen LogP contribution in [0.4, 0.5) is 0 Å². The number of halogens is 2. The Bertz CT molecular complexity index is 827. The molecule has 0 atom stereocenters. The highest BCUT2D eigenvalue weighted by atomic mass is 79.9. The maximum Gasteiger partial charge on any atom is 0.321 e. The van der Waals surface area contributed by atoms with Gasteiger partial charge in [0.15, 0.2) is 0 Å². The molecule has 134 valence electrons. The van der Waals surface area contributed by atoms with Crippen LogP contribution in [0.5, 0.6) is 5.75 Å². The molecule has 0 saturated carbocycles. The van der Waals surface area contributed by atoms with Crippen LogP contribution in [-0.4, -0.2) is 34.1 Å². The Hall–Kier alpha value is -1.61. The molecule has 25 heavy (non-hydrogen) atoms. The second kappa shape index (κ2) is 9.19. The first-order chi connectivity index (χ1) is 11.9. The quantitative estimate of drug-likeness (QED) is 0.496. The fourth-order valence-electron chi connectivity index (χ4n) is 1.77. The summed E-state index contributed by atoms with van der Waals surface area (Å²) in [7, 11) is -3.78. The zero-order valence-corrected chi connectivity index (χ0v) is 16.1. The number of benzene rings is 2. The lowest BCUT2D eigenvalue weighted by molar-refractivity contribution is -0.142. The Morgan fingerprint density at radius 2 is 1.84 bits per heavy atom. The van der Waals surface area contributed by atoms with Gasteiger partial charge in [-0.3, -0.25) is 4.79 Å². The number of hydrogen-bond donors (Lipinski definition) is 1. The Morgan fingerprint density at radius 1 is 1.12 bits per heavy atom. The van der Waals surface area contributed by atoms with Crippen molar-refractivity contribution in [3.63, 3.8) is 0 Å². The highest BCUT2D eigenvalue weighted by Crippen LogP contribution is 2.16. The molecule has 6 nitrogen and oxygen atoms in total. The standard InChI is InChI=1S/C16H15BrClNO5S/c17-12-2-1-3-15(10-12)25(21,22)19-11-16(20)24-9-8-23-14-6-4-13(18)5-7-14/h1-7,10,19H,8-9,11H2. The maximum atomic E-state index is 12.1. The van der Waals surface area contributed by atoms with E-state index in [-0.39, 0.29) is 18.1 Å². The van der Waals surface area contributed by atoms with Crippen molar-refractivity contribution in [3.05, 3.63) is 58.0 Å². The largest absolute Gasteiger partial charge is 0.490 e. The number of sulfonamides is 1. The van der Waals surface area contributed by atoms with Gasteiger partial charge in [-0.05, 0) is 42.5 Å². The molecule has 2 aromatic rings. The van der Waals surface area contributed by atoms with E-state index in [1.165, 1.54) is 12.1 Å². The first-order valence-electron chi connectivity index (χ1n) is 7.16. The van der Waals surface area contributed by atoms with Crippen molar-refractivity contribution in [2.24, 2.45) is 0 Å². The van der Waals surface area contributed by atoms with Gasteiger partial charge < -0.3 is 9.47 Å². The van der Waals surface area contributed by atoms with Crippen LogP contribution in [0.25, 0.3) is 0 Å². The molecule has 0 spiro atoms. The summed E-state index contributed by atoms with van der Waals surface area (Å²) in [6, 6.07) is 12.9. The van der Waals surface area contributed by atoms with Crippen molar-refractivity contribution in [3.8, 4) is 5.75 Å². The molecule has 0 fully saturated rings. The van der Waals surface area contributed by atoms with E-state index in [4.69, 9.17) is 21.1 Å². The van der Waals surface area contributed by atoms with Crippen LogP contribution in [-0.2, 0) is 19.6 Å². The van der Waals surface area contributed by atoms with Crippen molar-refractivity contribution in [2.45, 2.75) is 4.90 Å². The molecule has 1 N–H and O–H groups in total. The van der Waals surface area contributed by atoms with Crippen molar-refractivity contribution >= 4 is 43.5 Å². The zero-order chi connectivity index (χ0) is 18.3. The molecular formula is C16H15BrClNO5S. The smallest absolute Gasteiger partial charge is 0.321 e. The summed E-state index contributed by atoms with van der Waals surface area (Å²) in [5, 5.41) is 0.594. The third kappa shape index (κ3) is 6.66. The van der Waals surface area contributed by atoms with Crippen molar-refractivity contribution in [1.82, 2.24) is 4.72 Å². The van der Waals surface area contributed by atoms with Crippen molar-refractivity contribution in [1.29, 1.82) is 0 Å². The monoisotopic (exact) mass is 447 g/mol. The van der Waals surface area contributed by atoms with E-state index < -0.39 is 22.5 Å². The molecule has 0 saturated heterocycles. The zero-order valence-electron chi connectivity index (χ0n) is 12.9. The summed E-state index contributed by atoms with van der Waals surface area (Å²) < 4.78 is 37.2. The van der Waals surface area contributed by atoms with Crippen LogP contribution in [0, 0.1) is 0 Å². The molecule has 2 rings (SSSR count). The topological polar surface area (TPSA) is 81.7 Å². The lowest BCUT2D eigenvalue weighted by atomic mass is 10.3. The molecule has 0 aromatic heterocycles. The number of hydrogen-bond acceptors (Lipinski definition) is 5. The maximum absolute atomic E-state index is 12.1. The van der Waals surface area contributed by atoms with Crippen LogP contribution in [0.3, 0.4) is 0 Å². The number of carbonyl (C=O) groups is 1. The van der Waals surface area contributed by atoms with E-state index in [1.54, 1.807) is 36.4 Å². The Balaban J connectivity index is 1.72. The average Bonchev–Trinajstić information content (AvgIpc) is 2.58. The predicted octanol–water partition coefficient (Wildman–Crippen LogP) is 3.00. The molecule has 0 unspecified atom stereocenters. The Morgan fingerprint density at radius 3 is 2.52 bits per heavy atom. The van der Waals surface area contributed by atoms with Crippen LogP contribution in [0.2, 0.25) is 5.02 Å². The molecule has 0 heterocycles. The minimum absolute atomic E-state index is 0.0000719. The summed E-state index contributed by atoms with van der Waals surface area (Å²) in [4.78, 5) is 11.7. The van der Waals surface area contributed by atoms with Gasteiger partial charge in [0.1, 0.15) is 25.5 Å². The summed E-state index contributed by atoms with van der Waals surface area (Å²) in [6.07, 6.45) is 0. The summed E-state index contributed by atoms with van der Waals surface area (Å²) in [6.45, 7) is -0.318. The molecule has 0 amide bonds. The molecule has 9 heteroatoms. The van der Waals surface area contributed by atoms with Gasteiger partial charge in [-0.1, -0.05) is 33.6 Å². The first-order valence-corrected chi connectivity index (χ1v) is 9.81. The third-order valence-corrected chi connectivity index (χ3v) is 5.09. The van der Waals surface area contributed by atoms with Gasteiger partial charge in [-0.2, -0.15) is 4.72 Å². The fourth-order valence-corrected chi connectivity index (χ4v) is 3.46. The van der Waals surface area contributed by atoms with Crippen molar-refractivity contribution in [2.75, 3.05) is 19.8 Å². The average molecular weight is 449 g/mol. The van der Waals surface area contributed by atoms with E-state index in [1.807, 2.05) is 0 Å². The highest BCUT2D eigenvalue weighted by Gasteiger charge is 2.16. The van der Waals surface area contributed by atoms with E-state index in [2.05, 4.69) is 20.7 Å². The molecule has 0 bridgehead atoms. The van der Waals surface area contributed by atoms with E-state index in [9.17, 15) is 13.2 Å². The fraction of sp³-hybridized carbons (Fsp3) is 0.188. The lowest BCUT2D eigenvalue weighted by Gasteiger charge is -2.09. The van der Waals surface area contributed by atoms with Gasteiger partial charge in [-0.15, -0.1) is 0 Å². The minimum atomic E-state index is -3.78. The van der Waals surface area contributed by atoms with Crippen LogP contribution in [0.15, 0.2) is 57.9 Å².